The summed E-state index contributed by atoms with van der Waals surface area (Å²) in [6.45, 7) is 1.89. The minimum Gasteiger partial charge on any atom is -0.308 e. The Hall–Kier alpha value is -1.71. The van der Waals surface area contributed by atoms with E-state index in [0.29, 0.717) is 0 Å². The topological polar surface area (TPSA) is 24.9 Å². The highest BCUT2D eigenvalue weighted by Crippen LogP contribution is 2.30. The molecule has 1 aliphatic carbocycles. The van der Waals surface area contributed by atoms with Crippen molar-refractivity contribution in [1.29, 1.82) is 0 Å². The average molecular weight is 294 g/mol. The SMILES string of the molecule is c1cnc2ccc(CNCc3cc4c(s3)CCC4)cc2c1. The molecule has 1 aliphatic rings. The normalized spacial score (nSPS) is 13.7. The van der Waals surface area contributed by atoms with Crippen LogP contribution in [-0.2, 0) is 25.9 Å². The first kappa shape index (κ1) is 13.0. The lowest BCUT2D eigenvalue weighted by Crippen LogP contribution is -2.11. The van der Waals surface area contributed by atoms with Gasteiger partial charge in [0.05, 0.1) is 5.52 Å². The zero-order valence-electron chi connectivity index (χ0n) is 11.9. The van der Waals surface area contributed by atoms with E-state index in [9.17, 15) is 0 Å². The second kappa shape index (κ2) is 5.58. The summed E-state index contributed by atoms with van der Waals surface area (Å²) in [5, 5.41) is 4.78. The van der Waals surface area contributed by atoms with Crippen LogP contribution in [0.3, 0.4) is 0 Å². The highest BCUT2D eigenvalue weighted by atomic mass is 32.1. The monoisotopic (exact) mass is 294 g/mol. The van der Waals surface area contributed by atoms with Crippen LogP contribution in [0.4, 0.5) is 0 Å². The third-order valence-electron chi connectivity index (χ3n) is 4.09. The molecular weight excluding hydrogens is 276 g/mol. The standard InChI is InChI=1S/C18H18N2S/c1-3-15-10-16(21-18(15)5-1)12-19-11-13-6-7-17-14(9-13)4-2-8-20-17/h2,4,6-10,19H,1,3,5,11-12H2. The van der Waals surface area contributed by atoms with Gasteiger partial charge < -0.3 is 5.32 Å². The zero-order chi connectivity index (χ0) is 14.1. The number of nitrogens with zero attached hydrogens (tertiary/aromatic N) is 1. The number of hydrogen-bond acceptors (Lipinski definition) is 3. The molecule has 2 nitrogen and oxygen atoms in total. The molecule has 0 atom stereocenters. The van der Waals surface area contributed by atoms with E-state index < -0.39 is 0 Å². The number of nitrogens with one attached hydrogen (secondary N) is 1. The van der Waals surface area contributed by atoms with Crippen LogP contribution in [0.2, 0.25) is 0 Å². The summed E-state index contributed by atoms with van der Waals surface area (Å²) in [6, 6.07) is 13.0. The van der Waals surface area contributed by atoms with Crippen LogP contribution < -0.4 is 5.32 Å². The maximum absolute atomic E-state index is 4.36. The predicted molar refractivity (Wildman–Crippen MR) is 88.6 cm³/mol. The Bertz CT molecular complexity index is 754. The lowest BCUT2D eigenvalue weighted by molar-refractivity contribution is 0.701. The molecule has 2 heterocycles. The largest absolute Gasteiger partial charge is 0.308 e. The first-order valence-electron chi connectivity index (χ1n) is 7.53. The Balaban J connectivity index is 1.41. The Morgan fingerprint density at radius 3 is 3.05 bits per heavy atom. The van der Waals surface area contributed by atoms with Gasteiger partial charge in [0, 0.05) is 34.4 Å². The van der Waals surface area contributed by atoms with Crippen LogP contribution in [-0.4, -0.2) is 4.98 Å². The quantitative estimate of drug-likeness (QED) is 0.784. The number of pyridine rings is 1. The van der Waals surface area contributed by atoms with Crippen LogP contribution in [0.25, 0.3) is 10.9 Å². The van der Waals surface area contributed by atoms with E-state index in [-0.39, 0.29) is 0 Å². The fourth-order valence-electron chi connectivity index (χ4n) is 3.04. The minimum atomic E-state index is 0.910. The first-order valence-corrected chi connectivity index (χ1v) is 8.35. The number of aryl methyl sites for hydroxylation is 2. The van der Waals surface area contributed by atoms with Crippen LogP contribution in [0.15, 0.2) is 42.6 Å². The highest BCUT2D eigenvalue weighted by Gasteiger charge is 2.14. The summed E-state index contributed by atoms with van der Waals surface area (Å²) in [6.07, 6.45) is 5.76. The summed E-state index contributed by atoms with van der Waals surface area (Å²) in [5.41, 5.74) is 3.98. The van der Waals surface area contributed by atoms with Gasteiger partial charge in [0.15, 0.2) is 0 Å². The molecule has 0 amide bonds. The average Bonchev–Trinajstić information content (AvgIpc) is 3.08. The minimum absolute atomic E-state index is 0.910. The van der Waals surface area contributed by atoms with Crippen molar-refractivity contribution in [2.75, 3.05) is 0 Å². The van der Waals surface area contributed by atoms with Crippen molar-refractivity contribution in [2.45, 2.75) is 32.4 Å². The van der Waals surface area contributed by atoms with Crippen molar-refractivity contribution in [3.63, 3.8) is 0 Å². The molecule has 0 spiro atoms. The van der Waals surface area contributed by atoms with E-state index in [4.69, 9.17) is 0 Å². The van der Waals surface area contributed by atoms with E-state index in [1.165, 1.54) is 35.1 Å². The van der Waals surface area contributed by atoms with Crippen LogP contribution in [0, 0.1) is 0 Å². The second-order valence-electron chi connectivity index (χ2n) is 5.65. The van der Waals surface area contributed by atoms with Crippen molar-refractivity contribution < 1.29 is 0 Å². The van der Waals surface area contributed by atoms with E-state index in [1.807, 2.05) is 23.6 Å². The number of hydrogen-bond donors (Lipinski definition) is 1. The molecule has 0 bridgehead atoms. The fourth-order valence-corrected chi connectivity index (χ4v) is 4.27. The van der Waals surface area contributed by atoms with Gasteiger partial charge in [-0.1, -0.05) is 12.1 Å². The van der Waals surface area contributed by atoms with Gasteiger partial charge >= 0.3 is 0 Å². The molecule has 0 unspecified atom stereocenters. The molecule has 1 N–H and O–H groups in total. The maximum atomic E-state index is 4.36. The number of fused-ring (bicyclic) bond motifs is 2. The van der Waals surface area contributed by atoms with Gasteiger partial charge in [0.25, 0.3) is 0 Å². The number of aromatic nitrogens is 1. The first-order chi connectivity index (χ1) is 10.4. The van der Waals surface area contributed by atoms with Crippen LogP contribution in [0.5, 0.6) is 0 Å². The molecule has 3 aromatic rings. The molecule has 2 aromatic heterocycles. The van der Waals surface area contributed by atoms with Gasteiger partial charge in [0.2, 0.25) is 0 Å². The summed E-state index contributed by atoms with van der Waals surface area (Å²) in [7, 11) is 0. The number of benzene rings is 1. The highest BCUT2D eigenvalue weighted by molar-refractivity contribution is 7.12. The third kappa shape index (κ3) is 2.71. The van der Waals surface area contributed by atoms with Crippen molar-refractivity contribution in [3.05, 3.63) is 63.5 Å². The van der Waals surface area contributed by atoms with Crippen molar-refractivity contribution in [2.24, 2.45) is 0 Å². The lowest BCUT2D eigenvalue weighted by atomic mass is 10.1. The molecule has 0 radical (unpaired) electrons. The fraction of sp³-hybridized carbons (Fsp3) is 0.278. The van der Waals surface area contributed by atoms with Crippen molar-refractivity contribution >= 4 is 22.2 Å². The Kier molecular flexibility index (Phi) is 3.45. The van der Waals surface area contributed by atoms with Crippen molar-refractivity contribution in [1.82, 2.24) is 10.3 Å². The van der Waals surface area contributed by atoms with Crippen LogP contribution in [0.1, 0.15) is 27.3 Å². The molecular formula is C18H18N2S. The Morgan fingerprint density at radius 1 is 1.10 bits per heavy atom. The Morgan fingerprint density at radius 2 is 2.10 bits per heavy atom. The van der Waals surface area contributed by atoms with E-state index in [1.54, 1.807) is 10.4 Å². The maximum Gasteiger partial charge on any atom is 0.0702 e. The number of thiophene rings is 1. The summed E-state index contributed by atoms with van der Waals surface area (Å²) >= 11 is 1.99. The molecule has 4 rings (SSSR count). The van der Waals surface area contributed by atoms with Gasteiger partial charge in [-0.15, -0.1) is 11.3 Å². The smallest absolute Gasteiger partial charge is 0.0702 e. The van der Waals surface area contributed by atoms with Crippen molar-refractivity contribution in [3.8, 4) is 0 Å². The van der Waals surface area contributed by atoms with Gasteiger partial charge in [-0.2, -0.15) is 0 Å². The molecule has 0 aliphatic heterocycles. The van der Waals surface area contributed by atoms with E-state index in [2.05, 4.69) is 40.6 Å². The van der Waals surface area contributed by atoms with Gasteiger partial charge in [-0.3, -0.25) is 4.98 Å². The predicted octanol–water partition coefficient (Wildman–Crippen LogP) is 4.07. The van der Waals surface area contributed by atoms with Crippen LogP contribution >= 0.6 is 11.3 Å². The molecule has 3 heteroatoms. The number of rotatable bonds is 4. The molecule has 21 heavy (non-hydrogen) atoms. The molecule has 0 fully saturated rings. The molecule has 1 aromatic carbocycles. The summed E-state index contributed by atoms with van der Waals surface area (Å²) < 4.78 is 0. The van der Waals surface area contributed by atoms with Gasteiger partial charge in [-0.05, 0) is 54.7 Å². The lowest BCUT2D eigenvalue weighted by Gasteiger charge is -2.05. The summed E-state index contributed by atoms with van der Waals surface area (Å²) in [5.74, 6) is 0. The third-order valence-corrected chi connectivity index (χ3v) is 5.33. The molecule has 0 saturated carbocycles. The Labute approximate surface area is 128 Å². The molecule has 0 saturated heterocycles. The van der Waals surface area contributed by atoms with Gasteiger partial charge in [0.1, 0.15) is 0 Å². The van der Waals surface area contributed by atoms with E-state index >= 15 is 0 Å². The molecule has 106 valence electrons. The van der Waals surface area contributed by atoms with E-state index in [0.717, 1.165) is 18.6 Å². The van der Waals surface area contributed by atoms with Gasteiger partial charge in [-0.25, -0.2) is 0 Å². The summed E-state index contributed by atoms with van der Waals surface area (Å²) in [4.78, 5) is 7.45. The zero-order valence-corrected chi connectivity index (χ0v) is 12.7. The second-order valence-corrected chi connectivity index (χ2v) is 6.87.